The lowest BCUT2D eigenvalue weighted by Crippen LogP contribution is -2.30. The number of ether oxygens (including phenoxy) is 1. The van der Waals surface area contributed by atoms with Crippen molar-refractivity contribution < 1.29 is 9.53 Å². The molecule has 0 saturated carbocycles. The van der Waals surface area contributed by atoms with E-state index in [9.17, 15) is 4.79 Å². The van der Waals surface area contributed by atoms with E-state index in [1.165, 1.54) is 11.8 Å². The molecule has 3 rings (SSSR count). The van der Waals surface area contributed by atoms with Crippen LogP contribution < -0.4 is 10.1 Å². The predicted molar refractivity (Wildman–Crippen MR) is 106 cm³/mol. The van der Waals surface area contributed by atoms with Crippen LogP contribution in [0.1, 0.15) is 35.3 Å². The van der Waals surface area contributed by atoms with Crippen LogP contribution in [-0.4, -0.2) is 21.9 Å². The van der Waals surface area contributed by atoms with Crippen LogP contribution in [0.5, 0.6) is 11.6 Å². The molecular weight excluding hydrogens is 338 g/mol. The van der Waals surface area contributed by atoms with Gasteiger partial charge in [-0.05, 0) is 51.0 Å². The third-order valence-electron chi connectivity index (χ3n) is 4.14. The summed E-state index contributed by atoms with van der Waals surface area (Å²) in [5.41, 5.74) is 3.45. The molecule has 2 aromatic carbocycles. The molecule has 0 saturated heterocycles. The zero-order valence-corrected chi connectivity index (χ0v) is 16.0. The second-order valence-electron chi connectivity index (χ2n) is 6.75. The Morgan fingerprint density at radius 3 is 2.44 bits per heavy atom. The lowest BCUT2D eigenvalue weighted by atomic mass is 10.1. The number of nitrogens with one attached hydrogen (secondary N) is 1. The first-order chi connectivity index (χ1) is 12.9. The van der Waals surface area contributed by atoms with Crippen molar-refractivity contribution in [3.05, 3.63) is 71.4 Å². The molecule has 0 aliphatic heterocycles. The van der Waals surface area contributed by atoms with Crippen molar-refractivity contribution in [2.24, 2.45) is 0 Å². The van der Waals surface area contributed by atoms with E-state index in [1.807, 2.05) is 76.2 Å². The highest BCUT2D eigenvalue weighted by Crippen LogP contribution is 2.27. The molecule has 1 heterocycles. The summed E-state index contributed by atoms with van der Waals surface area (Å²) < 4.78 is 6.00. The number of amides is 1. The highest BCUT2D eigenvalue weighted by Gasteiger charge is 2.18. The van der Waals surface area contributed by atoms with Gasteiger partial charge in [-0.2, -0.15) is 4.98 Å². The molecule has 1 aromatic heterocycles. The standard InChI is InChI=1S/C22H23N3O2/c1-14(2)24-21(26)19-13-23-20(17-8-6-5-7-9-17)25-22(19)27-18-11-10-15(3)16(4)12-18/h5-14H,1-4H3,(H,24,26). The molecular formula is C22H23N3O2. The maximum absolute atomic E-state index is 12.6. The average Bonchev–Trinajstić information content (AvgIpc) is 2.65. The number of aromatic nitrogens is 2. The highest BCUT2D eigenvalue weighted by molar-refractivity contribution is 5.96. The van der Waals surface area contributed by atoms with Crippen LogP contribution in [0.15, 0.2) is 54.7 Å². The number of aryl methyl sites for hydroxylation is 2. The monoisotopic (exact) mass is 361 g/mol. The Labute approximate surface area is 159 Å². The molecule has 27 heavy (non-hydrogen) atoms. The number of hydrogen-bond donors (Lipinski definition) is 1. The van der Waals surface area contributed by atoms with Crippen LogP contribution in [0.2, 0.25) is 0 Å². The highest BCUT2D eigenvalue weighted by atomic mass is 16.5. The van der Waals surface area contributed by atoms with Crippen molar-refractivity contribution in [1.82, 2.24) is 15.3 Å². The van der Waals surface area contributed by atoms with Gasteiger partial charge in [-0.1, -0.05) is 36.4 Å². The van der Waals surface area contributed by atoms with E-state index in [2.05, 4.69) is 15.3 Å². The van der Waals surface area contributed by atoms with Gasteiger partial charge in [0.15, 0.2) is 5.82 Å². The van der Waals surface area contributed by atoms with Gasteiger partial charge in [-0.15, -0.1) is 0 Å². The number of rotatable bonds is 5. The average molecular weight is 361 g/mol. The van der Waals surface area contributed by atoms with Gasteiger partial charge in [0.2, 0.25) is 5.88 Å². The third-order valence-corrected chi connectivity index (χ3v) is 4.14. The van der Waals surface area contributed by atoms with Crippen molar-refractivity contribution in [3.63, 3.8) is 0 Å². The molecule has 0 aliphatic carbocycles. The fourth-order valence-electron chi connectivity index (χ4n) is 2.56. The third kappa shape index (κ3) is 4.50. The molecule has 0 aliphatic rings. The Morgan fingerprint density at radius 1 is 1.04 bits per heavy atom. The number of carbonyl (C=O) groups excluding carboxylic acids is 1. The fraction of sp³-hybridized carbons (Fsp3) is 0.227. The zero-order chi connectivity index (χ0) is 19.4. The molecule has 0 bridgehead atoms. The quantitative estimate of drug-likeness (QED) is 0.716. The van der Waals surface area contributed by atoms with E-state index < -0.39 is 0 Å². The lowest BCUT2D eigenvalue weighted by Gasteiger charge is -2.14. The van der Waals surface area contributed by atoms with Crippen molar-refractivity contribution in [2.75, 3.05) is 0 Å². The van der Waals surface area contributed by atoms with Gasteiger partial charge in [0.1, 0.15) is 11.3 Å². The van der Waals surface area contributed by atoms with E-state index in [4.69, 9.17) is 4.74 Å². The second kappa shape index (κ2) is 7.99. The predicted octanol–water partition coefficient (Wildman–Crippen LogP) is 4.69. The summed E-state index contributed by atoms with van der Waals surface area (Å²) in [6, 6.07) is 15.4. The first-order valence-electron chi connectivity index (χ1n) is 8.92. The summed E-state index contributed by atoms with van der Waals surface area (Å²) in [6.45, 7) is 7.87. The first-order valence-corrected chi connectivity index (χ1v) is 8.92. The van der Waals surface area contributed by atoms with Crippen molar-refractivity contribution in [3.8, 4) is 23.0 Å². The molecule has 3 aromatic rings. The van der Waals surface area contributed by atoms with Crippen molar-refractivity contribution in [1.29, 1.82) is 0 Å². The van der Waals surface area contributed by atoms with Crippen LogP contribution in [0.3, 0.4) is 0 Å². The summed E-state index contributed by atoms with van der Waals surface area (Å²) in [5, 5.41) is 2.87. The van der Waals surface area contributed by atoms with E-state index in [-0.39, 0.29) is 17.8 Å². The van der Waals surface area contributed by atoms with E-state index >= 15 is 0 Å². The molecule has 0 fully saturated rings. The van der Waals surface area contributed by atoms with E-state index in [0.29, 0.717) is 17.1 Å². The van der Waals surface area contributed by atoms with Gasteiger partial charge >= 0.3 is 0 Å². The molecule has 1 amide bonds. The van der Waals surface area contributed by atoms with Crippen molar-refractivity contribution in [2.45, 2.75) is 33.7 Å². The van der Waals surface area contributed by atoms with E-state index in [1.54, 1.807) is 0 Å². The normalized spacial score (nSPS) is 10.7. The SMILES string of the molecule is Cc1ccc(Oc2nc(-c3ccccc3)ncc2C(=O)NC(C)C)cc1C. The molecule has 0 spiro atoms. The maximum Gasteiger partial charge on any atom is 0.258 e. The fourth-order valence-corrected chi connectivity index (χ4v) is 2.56. The Balaban J connectivity index is 2.02. The van der Waals surface area contributed by atoms with Crippen LogP contribution >= 0.6 is 0 Å². The summed E-state index contributed by atoms with van der Waals surface area (Å²) in [7, 11) is 0. The number of benzene rings is 2. The van der Waals surface area contributed by atoms with Crippen LogP contribution in [-0.2, 0) is 0 Å². The smallest absolute Gasteiger partial charge is 0.258 e. The van der Waals surface area contributed by atoms with Crippen LogP contribution in [0.25, 0.3) is 11.4 Å². The minimum Gasteiger partial charge on any atom is -0.438 e. The number of carbonyl (C=O) groups is 1. The summed E-state index contributed by atoms with van der Waals surface area (Å²) in [4.78, 5) is 21.4. The first kappa shape index (κ1) is 18.6. The van der Waals surface area contributed by atoms with Gasteiger partial charge < -0.3 is 10.1 Å². The topological polar surface area (TPSA) is 64.1 Å². The largest absolute Gasteiger partial charge is 0.438 e. The Hall–Kier alpha value is -3.21. The minimum atomic E-state index is -0.261. The lowest BCUT2D eigenvalue weighted by molar-refractivity contribution is 0.0939. The Bertz CT molecular complexity index is 953. The Morgan fingerprint density at radius 2 is 1.78 bits per heavy atom. The molecule has 5 heteroatoms. The summed E-state index contributed by atoms with van der Waals surface area (Å²) in [5.74, 6) is 1.12. The molecule has 138 valence electrons. The van der Waals surface area contributed by atoms with Gasteiger partial charge in [0.05, 0.1) is 0 Å². The van der Waals surface area contributed by atoms with Gasteiger partial charge in [-0.25, -0.2) is 4.98 Å². The summed E-state index contributed by atoms with van der Waals surface area (Å²) in [6.07, 6.45) is 1.52. The molecule has 0 radical (unpaired) electrons. The Kier molecular flexibility index (Phi) is 5.50. The zero-order valence-electron chi connectivity index (χ0n) is 16.0. The van der Waals surface area contributed by atoms with Gasteiger partial charge in [-0.3, -0.25) is 4.79 Å². The van der Waals surface area contributed by atoms with Crippen LogP contribution in [0.4, 0.5) is 0 Å². The van der Waals surface area contributed by atoms with Crippen molar-refractivity contribution >= 4 is 5.91 Å². The van der Waals surface area contributed by atoms with Gasteiger partial charge in [0, 0.05) is 17.8 Å². The molecule has 0 atom stereocenters. The molecule has 1 N–H and O–H groups in total. The number of nitrogens with zero attached hydrogens (tertiary/aromatic N) is 2. The number of hydrogen-bond acceptors (Lipinski definition) is 4. The van der Waals surface area contributed by atoms with Crippen LogP contribution in [0, 0.1) is 13.8 Å². The maximum atomic E-state index is 12.6. The molecule has 5 nitrogen and oxygen atoms in total. The van der Waals surface area contributed by atoms with Gasteiger partial charge in [0.25, 0.3) is 5.91 Å². The second-order valence-corrected chi connectivity index (χ2v) is 6.75. The minimum absolute atomic E-state index is 0.000712. The van der Waals surface area contributed by atoms with E-state index in [0.717, 1.165) is 11.1 Å². The summed E-state index contributed by atoms with van der Waals surface area (Å²) >= 11 is 0. The molecule has 0 unspecified atom stereocenters.